The second-order valence-electron chi connectivity index (χ2n) is 2.97. The lowest BCUT2D eigenvalue weighted by Gasteiger charge is -2.16. The van der Waals surface area contributed by atoms with E-state index in [-0.39, 0.29) is 18.3 Å². The summed E-state index contributed by atoms with van der Waals surface area (Å²) in [6.07, 6.45) is 0. The number of nitrogens with two attached hydrogens (primary N) is 1. The van der Waals surface area contributed by atoms with Gasteiger partial charge in [0.2, 0.25) is 0 Å². The Morgan fingerprint density at radius 1 is 1.73 bits per heavy atom. The van der Waals surface area contributed by atoms with Crippen LogP contribution in [0.5, 0.6) is 0 Å². The Hall–Kier alpha value is -1.34. The zero-order valence-corrected chi connectivity index (χ0v) is 9.47. The normalized spacial score (nSPS) is 10.1. The van der Waals surface area contributed by atoms with E-state index < -0.39 is 0 Å². The Labute approximate surface area is 91.9 Å². The van der Waals surface area contributed by atoms with Gasteiger partial charge in [-0.2, -0.15) is 4.37 Å². The molecule has 15 heavy (non-hydrogen) atoms. The molecule has 6 nitrogen and oxygen atoms in total. The average Bonchev–Trinajstić information content (AvgIpc) is 2.59. The van der Waals surface area contributed by atoms with E-state index in [0.717, 1.165) is 11.5 Å². The maximum atomic E-state index is 11.5. The third-order valence-corrected chi connectivity index (χ3v) is 2.91. The number of carbonyl (C=O) groups is 1. The van der Waals surface area contributed by atoms with E-state index in [1.54, 1.807) is 11.9 Å². The van der Waals surface area contributed by atoms with Crippen molar-refractivity contribution in [2.75, 3.05) is 37.9 Å². The van der Waals surface area contributed by atoms with Crippen molar-refractivity contribution in [1.29, 1.82) is 0 Å². The molecule has 0 radical (unpaired) electrons. The monoisotopic (exact) mass is 230 g/mol. The molecule has 0 saturated carbocycles. The molecule has 0 aliphatic carbocycles. The highest BCUT2D eigenvalue weighted by molar-refractivity contribution is 7.11. The second kappa shape index (κ2) is 4.94. The van der Waals surface area contributed by atoms with Crippen LogP contribution in [0.3, 0.4) is 0 Å². The van der Waals surface area contributed by atoms with Crippen molar-refractivity contribution in [3.63, 3.8) is 0 Å². The fourth-order valence-corrected chi connectivity index (χ4v) is 1.94. The molecule has 1 rings (SSSR count). The molecule has 1 heterocycles. The highest BCUT2D eigenvalue weighted by Gasteiger charge is 2.20. The summed E-state index contributed by atoms with van der Waals surface area (Å²) >= 11 is 1.15. The van der Waals surface area contributed by atoms with Gasteiger partial charge in [-0.05, 0) is 11.5 Å². The number of hydrogen-bond donors (Lipinski definition) is 3. The number of carbonyl (C=O) groups excluding carboxylic acids is 1. The van der Waals surface area contributed by atoms with Crippen molar-refractivity contribution >= 4 is 28.3 Å². The van der Waals surface area contributed by atoms with E-state index in [0.29, 0.717) is 17.1 Å². The third kappa shape index (κ3) is 2.37. The number of nitrogen functional groups attached to an aromatic ring is 1. The van der Waals surface area contributed by atoms with Gasteiger partial charge in [0.25, 0.3) is 5.91 Å². The Morgan fingerprint density at radius 2 is 2.40 bits per heavy atom. The van der Waals surface area contributed by atoms with Crippen LogP contribution in [0.4, 0.5) is 10.8 Å². The minimum absolute atomic E-state index is 0.0154. The predicted octanol–water partition coefficient (Wildman–Crippen LogP) is -0.487. The molecule has 4 N–H and O–H groups in total. The van der Waals surface area contributed by atoms with Gasteiger partial charge in [0.05, 0.1) is 6.61 Å². The number of aromatic nitrogens is 1. The molecule has 0 saturated heterocycles. The molecule has 0 bridgehead atoms. The van der Waals surface area contributed by atoms with Crippen molar-refractivity contribution in [2.45, 2.75) is 0 Å². The minimum atomic E-state index is -0.263. The SMILES string of the molecule is CNC(=O)c1c(N)nsc1N(C)CCO. The van der Waals surface area contributed by atoms with Gasteiger partial charge in [-0.3, -0.25) is 4.79 Å². The van der Waals surface area contributed by atoms with Crippen LogP contribution in [-0.4, -0.2) is 42.6 Å². The van der Waals surface area contributed by atoms with Crippen molar-refractivity contribution < 1.29 is 9.90 Å². The van der Waals surface area contributed by atoms with Gasteiger partial charge in [-0.1, -0.05) is 0 Å². The summed E-state index contributed by atoms with van der Waals surface area (Å²) in [4.78, 5) is 13.3. The number of anilines is 2. The maximum absolute atomic E-state index is 11.5. The quantitative estimate of drug-likeness (QED) is 0.649. The van der Waals surface area contributed by atoms with Crippen molar-refractivity contribution in [2.24, 2.45) is 0 Å². The first-order chi connectivity index (χ1) is 7.11. The molecular formula is C8H14N4O2S. The number of aliphatic hydroxyl groups excluding tert-OH is 1. The van der Waals surface area contributed by atoms with E-state index in [4.69, 9.17) is 10.8 Å². The summed E-state index contributed by atoms with van der Waals surface area (Å²) in [5, 5.41) is 12.0. The predicted molar refractivity (Wildman–Crippen MR) is 60.3 cm³/mol. The first kappa shape index (κ1) is 11.7. The molecule has 0 aliphatic heterocycles. The van der Waals surface area contributed by atoms with E-state index in [9.17, 15) is 4.79 Å². The molecule has 84 valence electrons. The Kier molecular flexibility index (Phi) is 3.87. The van der Waals surface area contributed by atoms with Gasteiger partial charge in [0.1, 0.15) is 10.6 Å². The summed E-state index contributed by atoms with van der Waals surface area (Å²) in [6.45, 7) is 0.452. The smallest absolute Gasteiger partial charge is 0.257 e. The molecule has 1 aromatic heterocycles. The number of nitrogens with one attached hydrogen (secondary N) is 1. The van der Waals surface area contributed by atoms with Gasteiger partial charge < -0.3 is 21.1 Å². The number of rotatable bonds is 4. The molecule has 0 aromatic carbocycles. The second-order valence-corrected chi connectivity index (χ2v) is 3.72. The van der Waals surface area contributed by atoms with Crippen molar-refractivity contribution in [3.05, 3.63) is 5.56 Å². The van der Waals surface area contributed by atoms with Gasteiger partial charge in [0.15, 0.2) is 5.82 Å². The van der Waals surface area contributed by atoms with Crippen LogP contribution in [0.15, 0.2) is 0 Å². The standard InChI is InChI=1S/C8H14N4O2S/c1-10-7(14)5-6(9)11-15-8(5)12(2)3-4-13/h13H,3-4H2,1-2H3,(H2,9,11)(H,10,14). The Bertz CT molecular complexity index is 352. The molecule has 0 spiro atoms. The lowest BCUT2D eigenvalue weighted by Crippen LogP contribution is -2.25. The van der Waals surface area contributed by atoms with E-state index in [1.165, 1.54) is 7.05 Å². The molecule has 1 amide bonds. The van der Waals surface area contributed by atoms with Crippen LogP contribution in [0.25, 0.3) is 0 Å². The van der Waals surface area contributed by atoms with Crippen LogP contribution < -0.4 is 16.0 Å². The third-order valence-electron chi connectivity index (χ3n) is 1.94. The molecule has 0 fully saturated rings. The van der Waals surface area contributed by atoms with Crippen LogP contribution >= 0.6 is 11.5 Å². The van der Waals surface area contributed by atoms with E-state index in [1.807, 2.05) is 0 Å². The largest absolute Gasteiger partial charge is 0.395 e. The maximum Gasteiger partial charge on any atom is 0.257 e. The van der Waals surface area contributed by atoms with Crippen LogP contribution in [0.2, 0.25) is 0 Å². The summed E-state index contributed by atoms with van der Waals surface area (Å²) in [7, 11) is 3.31. The first-order valence-electron chi connectivity index (χ1n) is 4.41. The molecule has 0 atom stereocenters. The molecule has 1 aromatic rings. The van der Waals surface area contributed by atoms with Gasteiger partial charge >= 0.3 is 0 Å². The Morgan fingerprint density at radius 3 is 2.93 bits per heavy atom. The number of nitrogens with zero attached hydrogens (tertiary/aromatic N) is 2. The van der Waals surface area contributed by atoms with Gasteiger partial charge in [-0.25, -0.2) is 0 Å². The van der Waals surface area contributed by atoms with E-state index >= 15 is 0 Å². The van der Waals surface area contributed by atoms with Crippen LogP contribution in [0, 0.1) is 0 Å². The zero-order chi connectivity index (χ0) is 11.4. The fraction of sp³-hybridized carbons (Fsp3) is 0.500. The number of hydrogen-bond acceptors (Lipinski definition) is 6. The minimum Gasteiger partial charge on any atom is -0.395 e. The zero-order valence-electron chi connectivity index (χ0n) is 8.65. The highest BCUT2D eigenvalue weighted by atomic mass is 32.1. The number of aliphatic hydroxyl groups is 1. The van der Waals surface area contributed by atoms with Gasteiger partial charge in [-0.15, -0.1) is 0 Å². The van der Waals surface area contributed by atoms with Crippen LogP contribution in [-0.2, 0) is 0 Å². The molecule has 0 unspecified atom stereocenters. The fourth-order valence-electron chi connectivity index (χ4n) is 1.14. The number of amides is 1. The summed E-state index contributed by atoms with van der Waals surface area (Å²) in [6, 6.07) is 0. The van der Waals surface area contributed by atoms with Crippen molar-refractivity contribution in [1.82, 2.24) is 9.69 Å². The topological polar surface area (TPSA) is 91.5 Å². The van der Waals surface area contributed by atoms with Gasteiger partial charge in [0, 0.05) is 20.6 Å². The first-order valence-corrected chi connectivity index (χ1v) is 5.18. The Balaban J connectivity index is 3.02. The molecule has 7 heteroatoms. The molecule has 0 aliphatic rings. The highest BCUT2D eigenvalue weighted by Crippen LogP contribution is 2.29. The van der Waals surface area contributed by atoms with Crippen molar-refractivity contribution in [3.8, 4) is 0 Å². The summed E-state index contributed by atoms with van der Waals surface area (Å²) < 4.78 is 3.92. The lowest BCUT2D eigenvalue weighted by atomic mass is 10.3. The number of likely N-dealkylation sites (N-methyl/N-ethyl adjacent to an activating group) is 1. The summed E-state index contributed by atoms with van der Waals surface area (Å²) in [5.74, 6) is -0.0415. The molecular weight excluding hydrogens is 216 g/mol. The summed E-state index contributed by atoms with van der Waals surface area (Å²) in [5.41, 5.74) is 5.97. The average molecular weight is 230 g/mol. The van der Waals surface area contributed by atoms with Crippen LogP contribution in [0.1, 0.15) is 10.4 Å². The lowest BCUT2D eigenvalue weighted by molar-refractivity contribution is 0.0964. The van der Waals surface area contributed by atoms with E-state index in [2.05, 4.69) is 9.69 Å².